The van der Waals surface area contributed by atoms with Crippen LogP contribution >= 0.6 is 11.6 Å². The number of aromatic nitrogens is 3. The maximum absolute atomic E-state index is 13.1. The van der Waals surface area contributed by atoms with Gasteiger partial charge in [0, 0.05) is 16.3 Å². The van der Waals surface area contributed by atoms with Crippen molar-refractivity contribution in [3.05, 3.63) is 75.8 Å². The van der Waals surface area contributed by atoms with Gasteiger partial charge in [-0.1, -0.05) is 41.0 Å². The van der Waals surface area contributed by atoms with Crippen LogP contribution in [0.15, 0.2) is 64.2 Å². The van der Waals surface area contributed by atoms with E-state index in [0.717, 1.165) is 5.56 Å². The smallest absolute Gasteiger partial charge is 0.267 e. The van der Waals surface area contributed by atoms with Crippen LogP contribution in [0.4, 0.5) is 5.69 Å². The van der Waals surface area contributed by atoms with Gasteiger partial charge in [-0.05, 0) is 43.7 Å². The van der Waals surface area contributed by atoms with Crippen LogP contribution in [0.5, 0.6) is 0 Å². The lowest BCUT2D eigenvalue weighted by molar-refractivity contribution is -0.118. The van der Waals surface area contributed by atoms with E-state index in [2.05, 4.69) is 15.5 Å². The molecule has 0 aliphatic rings. The second-order valence-electron chi connectivity index (χ2n) is 6.71. The Hall–Kier alpha value is -3.45. The summed E-state index contributed by atoms with van der Waals surface area (Å²) < 4.78 is 6.48. The number of benzene rings is 2. The maximum atomic E-state index is 13.1. The Labute approximate surface area is 170 Å². The topological polar surface area (TPSA) is 90.0 Å². The second kappa shape index (κ2) is 7.52. The van der Waals surface area contributed by atoms with E-state index in [-0.39, 0.29) is 17.0 Å². The molecule has 1 amide bonds. The van der Waals surface area contributed by atoms with E-state index in [0.29, 0.717) is 22.0 Å². The summed E-state index contributed by atoms with van der Waals surface area (Å²) in [4.78, 5) is 30.0. The second-order valence-corrected chi connectivity index (χ2v) is 7.15. The standard InChI is InChI=1S/C21H17ClN4O3/c1-12-4-3-5-16(10-12)24-19(27)13(2)26-11-23-20-17(21(26)28)18(25-29-20)14-6-8-15(22)9-7-14/h3-11,13H,1-2H3,(H,24,27)/t13-/m0/s1. The first-order chi connectivity index (χ1) is 13.9. The molecule has 8 heteroatoms. The molecule has 0 unspecified atom stereocenters. The van der Waals surface area contributed by atoms with Crippen LogP contribution in [0.1, 0.15) is 18.5 Å². The molecule has 1 N–H and O–H groups in total. The molecule has 2 aromatic heterocycles. The van der Waals surface area contributed by atoms with Crippen LogP contribution in [0, 0.1) is 6.92 Å². The molecule has 0 aliphatic heterocycles. The van der Waals surface area contributed by atoms with E-state index in [1.54, 1.807) is 37.3 Å². The summed E-state index contributed by atoms with van der Waals surface area (Å²) in [6.45, 7) is 3.57. The van der Waals surface area contributed by atoms with Crippen molar-refractivity contribution in [1.82, 2.24) is 14.7 Å². The predicted molar refractivity (Wildman–Crippen MR) is 111 cm³/mol. The van der Waals surface area contributed by atoms with Gasteiger partial charge in [-0.2, -0.15) is 0 Å². The summed E-state index contributed by atoms with van der Waals surface area (Å²) in [6.07, 6.45) is 1.29. The number of rotatable bonds is 4. The van der Waals surface area contributed by atoms with Crippen LogP contribution < -0.4 is 10.9 Å². The highest BCUT2D eigenvalue weighted by Crippen LogP contribution is 2.26. The minimum absolute atomic E-state index is 0.113. The van der Waals surface area contributed by atoms with Crippen molar-refractivity contribution >= 4 is 34.3 Å². The largest absolute Gasteiger partial charge is 0.335 e. The first-order valence-corrected chi connectivity index (χ1v) is 9.32. The van der Waals surface area contributed by atoms with Crippen LogP contribution in [-0.4, -0.2) is 20.6 Å². The summed E-state index contributed by atoms with van der Waals surface area (Å²) in [5.74, 6) is -0.330. The number of hydrogen-bond acceptors (Lipinski definition) is 5. The number of hydrogen-bond donors (Lipinski definition) is 1. The van der Waals surface area contributed by atoms with Gasteiger partial charge in [-0.15, -0.1) is 0 Å². The van der Waals surface area contributed by atoms with Gasteiger partial charge in [-0.25, -0.2) is 4.98 Å². The van der Waals surface area contributed by atoms with E-state index in [4.69, 9.17) is 16.1 Å². The highest BCUT2D eigenvalue weighted by atomic mass is 35.5. The van der Waals surface area contributed by atoms with Gasteiger partial charge in [0.05, 0.1) is 0 Å². The molecular formula is C21H17ClN4O3. The Kier molecular flexibility index (Phi) is 4.90. The molecule has 2 aromatic carbocycles. The zero-order valence-corrected chi connectivity index (χ0v) is 16.5. The number of amides is 1. The molecule has 29 heavy (non-hydrogen) atoms. The Balaban J connectivity index is 1.71. The SMILES string of the molecule is Cc1cccc(NC(=O)[C@H](C)n2cnc3onc(-c4ccc(Cl)cc4)c3c2=O)c1. The van der Waals surface area contributed by atoms with E-state index >= 15 is 0 Å². The monoisotopic (exact) mass is 408 g/mol. The summed E-state index contributed by atoms with van der Waals surface area (Å²) in [5, 5.41) is 7.59. The lowest BCUT2D eigenvalue weighted by Crippen LogP contribution is -2.31. The number of anilines is 1. The molecule has 7 nitrogen and oxygen atoms in total. The third kappa shape index (κ3) is 3.64. The van der Waals surface area contributed by atoms with Crippen molar-refractivity contribution in [1.29, 1.82) is 0 Å². The van der Waals surface area contributed by atoms with Crippen molar-refractivity contribution in [2.24, 2.45) is 0 Å². The third-order valence-electron chi connectivity index (χ3n) is 4.62. The minimum atomic E-state index is -0.784. The Morgan fingerprint density at radius 1 is 1.21 bits per heavy atom. The number of carbonyl (C=O) groups excluding carboxylic acids is 1. The first kappa shape index (κ1) is 18.9. The van der Waals surface area contributed by atoms with E-state index < -0.39 is 11.6 Å². The number of fused-ring (bicyclic) bond motifs is 1. The highest BCUT2D eigenvalue weighted by Gasteiger charge is 2.22. The van der Waals surface area contributed by atoms with E-state index in [1.165, 1.54) is 10.9 Å². The lowest BCUT2D eigenvalue weighted by Gasteiger charge is -2.15. The molecule has 0 saturated heterocycles. The number of nitrogens with one attached hydrogen (secondary N) is 1. The number of halogens is 1. The normalized spacial score (nSPS) is 12.1. The van der Waals surface area contributed by atoms with Crippen LogP contribution in [0.2, 0.25) is 5.02 Å². The fourth-order valence-electron chi connectivity index (χ4n) is 3.04. The van der Waals surface area contributed by atoms with Crippen molar-refractivity contribution in [2.45, 2.75) is 19.9 Å². The molecule has 0 spiro atoms. The molecule has 1 atom stereocenters. The highest BCUT2D eigenvalue weighted by molar-refractivity contribution is 6.30. The van der Waals surface area contributed by atoms with E-state index in [1.807, 2.05) is 25.1 Å². The molecule has 0 bridgehead atoms. The van der Waals surface area contributed by atoms with Crippen molar-refractivity contribution in [3.8, 4) is 11.3 Å². The van der Waals surface area contributed by atoms with Gasteiger partial charge in [0.2, 0.25) is 5.91 Å². The van der Waals surface area contributed by atoms with Gasteiger partial charge in [0.1, 0.15) is 23.4 Å². The first-order valence-electron chi connectivity index (χ1n) is 8.94. The predicted octanol–water partition coefficient (Wildman–Crippen LogP) is 4.21. The van der Waals surface area contributed by atoms with Crippen molar-refractivity contribution in [3.63, 3.8) is 0 Å². The van der Waals surface area contributed by atoms with Gasteiger partial charge in [-0.3, -0.25) is 14.2 Å². The summed E-state index contributed by atoms with van der Waals surface area (Å²) in [6, 6.07) is 13.5. The van der Waals surface area contributed by atoms with Crippen LogP contribution in [0.25, 0.3) is 22.4 Å². The third-order valence-corrected chi connectivity index (χ3v) is 4.87. The summed E-state index contributed by atoms with van der Waals surface area (Å²) in [5.41, 5.74) is 2.41. The zero-order valence-electron chi connectivity index (χ0n) is 15.7. The average molecular weight is 409 g/mol. The number of aryl methyl sites for hydroxylation is 1. The number of carbonyl (C=O) groups is 1. The Morgan fingerprint density at radius 3 is 2.69 bits per heavy atom. The molecule has 146 valence electrons. The van der Waals surface area contributed by atoms with Gasteiger partial charge in [0.15, 0.2) is 0 Å². The lowest BCUT2D eigenvalue weighted by atomic mass is 10.1. The summed E-state index contributed by atoms with van der Waals surface area (Å²) in [7, 11) is 0. The maximum Gasteiger partial charge on any atom is 0.267 e. The molecule has 4 aromatic rings. The number of nitrogens with zero attached hydrogens (tertiary/aromatic N) is 3. The quantitative estimate of drug-likeness (QED) is 0.546. The summed E-state index contributed by atoms with van der Waals surface area (Å²) >= 11 is 5.93. The van der Waals surface area contributed by atoms with Crippen molar-refractivity contribution in [2.75, 3.05) is 5.32 Å². The van der Waals surface area contributed by atoms with Gasteiger partial charge < -0.3 is 9.84 Å². The molecule has 2 heterocycles. The van der Waals surface area contributed by atoms with Crippen LogP contribution in [-0.2, 0) is 4.79 Å². The van der Waals surface area contributed by atoms with Gasteiger partial charge >= 0.3 is 0 Å². The average Bonchev–Trinajstić information content (AvgIpc) is 3.13. The molecule has 4 rings (SSSR count). The Morgan fingerprint density at radius 2 is 1.97 bits per heavy atom. The van der Waals surface area contributed by atoms with Crippen LogP contribution in [0.3, 0.4) is 0 Å². The molecule has 0 saturated carbocycles. The fourth-order valence-corrected chi connectivity index (χ4v) is 3.16. The van der Waals surface area contributed by atoms with Gasteiger partial charge in [0.25, 0.3) is 11.3 Å². The minimum Gasteiger partial charge on any atom is -0.335 e. The van der Waals surface area contributed by atoms with E-state index in [9.17, 15) is 9.59 Å². The fraction of sp³-hybridized carbons (Fsp3) is 0.143. The molecular weight excluding hydrogens is 392 g/mol. The Bertz CT molecular complexity index is 1260. The molecule has 0 fully saturated rings. The zero-order chi connectivity index (χ0) is 20.5. The molecule has 0 radical (unpaired) electrons. The van der Waals surface area contributed by atoms with Crippen molar-refractivity contribution < 1.29 is 9.32 Å². The molecule has 0 aliphatic carbocycles.